The summed E-state index contributed by atoms with van der Waals surface area (Å²) in [6.45, 7) is 1.89. The van der Waals surface area contributed by atoms with Gasteiger partial charge in [0.05, 0.1) is 5.71 Å². The van der Waals surface area contributed by atoms with Crippen molar-refractivity contribution >= 4 is 22.5 Å². The normalized spacial score (nSPS) is 11.5. The molecule has 0 atom stereocenters. The third-order valence-electron chi connectivity index (χ3n) is 2.83. The van der Waals surface area contributed by atoms with Crippen molar-refractivity contribution in [3.8, 4) is 5.75 Å². The third-order valence-corrected chi connectivity index (χ3v) is 2.83. The van der Waals surface area contributed by atoms with Crippen LogP contribution in [0.4, 0.5) is 4.79 Å². The lowest BCUT2D eigenvalue weighted by Gasteiger charge is -2.10. The highest BCUT2D eigenvalue weighted by molar-refractivity contribution is 6.13. The molecule has 0 saturated carbocycles. The number of carbonyl (C=O) groups is 1. The van der Waals surface area contributed by atoms with Gasteiger partial charge in [0.1, 0.15) is 5.75 Å². The Morgan fingerprint density at radius 3 is 2.74 bits per heavy atom. The minimum atomic E-state index is -0.731. The molecule has 0 aliphatic rings. The molecule has 2 rings (SSSR count). The molecule has 5 nitrogen and oxygen atoms in total. The average molecular weight is 257 g/mol. The Hall–Kier alpha value is -2.56. The van der Waals surface area contributed by atoms with Crippen molar-refractivity contribution in [1.29, 1.82) is 0 Å². The molecule has 0 radical (unpaired) electrons. The van der Waals surface area contributed by atoms with E-state index in [0.717, 1.165) is 10.8 Å². The van der Waals surface area contributed by atoms with Gasteiger partial charge in [-0.2, -0.15) is 5.10 Å². The highest BCUT2D eigenvalue weighted by Crippen LogP contribution is 2.28. The van der Waals surface area contributed by atoms with Gasteiger partial charge in [0.25, 0.3) is 0 Å². The topological polar surface area (TPSA) is 87.7 Å². The maximum atomic E-state index is 10.7. The van der Waals surface area contributed by atoms with Gasteiger partial charge in [-0.3, -0.25) is 0 Å². The summed E-state index contributed by atoms with van der Waals surface area (Å²) in [6.07, 6.45) is 0.557. The zero-order chi connectivity index (χ0) is 13.8. The second kappa shape index (κ2) is 5.39. The lowest BCUT2D eigenvalue weighted by molar-refractivity contribution is 0.249. The van der Waals surface area contributed by atoms with Crippen molar-refractivity contribution in [2.24, 2.45) is 10.8 Å². The monoisotopic (exact) mass is 257 g/mol. The van der Waals surface area contributed by atoms with E-state index in [2.05, 4.69) is 10.5 Å². The minimum Gasteiger partial charge on any atom is -0.507 e. The number of urea groups is 1. The number of hydrazone groups is 1. The van der Waals surface area contributed by atoms with E-state index in [1.807, 2.05) is 37.3 Å². The summed E-state index contributed by atoms with van der Waals surface area (Å²) < 4.78 is 0. The molecule has 0 bridgehead atoms. The van der Waals surface area contributed by atoms with Crippen molar-refractivity contribution in [2.45, 2.75) is 13.3 Å². The number of nitrogens with zero attached hydrogens (tertiary/aromatic N) is 1. The van der Waals surface area contributed by atoms with E-state index in [1.54, 1.807) is 6.07 Å². The number of rotatable bonds is 3. The number of fused-ring (bicyclic) bond motifs is 1. The van der Waals surface area contributed by atoms with Crippen LogP contribution >= 0.6 is 0 Å². The molecule has 2 aromatic carbocycles. The van der Waals surface area contributed by atoms with Crippen LogP contribution in [0.5, 0.6) is 5.75 Å². The molecule has 0 unspecified atom stereocenters. The zero-order valence-corrected chi connectivity index (χ0v) is 10.6. The number of primary amides is 1. The second-order valence-electron chi connectivity index (χ2n) is 4.07. The summed E-state index contributed by atoms with van der Waals surface area (Å²) in [5.41, 5.74) is 8.40. The molecule has 0 aromatic heterocycles. The van der Waals surface area contributed by atoms with Crippen LogP contribution in [-0.4, -0.2) is 16.8 Å². The molecule has 0 fully saturated rings. The van der Waals surface area contributed by atoms with E-state index < -0.39 is 6.03 Å². The SMILES string of the molecule is CCC(=NNC(N)=O)c1c(O)ccc2ccccc12. The standard InChI is InChI=1S/C14H15N3O2/c1-2-11(16-17-14(15)19)13-10-6-4-3-5-9(10)7-8-12(13)18/h3-8,18H,2H2,1H3,(H3,15,17,19). The Bertz CT molecular complexity index is 650. The number of carbonyl (C=O) groups excluding carboxylic acids is 1. The van der Waals surface area contributed by atoms with Crippen molar-refractivity contribution in [1.82, 2.24) is 5.43 Å². The van der Waals surface area contributed by atoms with E-state index >= 15 is 0 Å². The summed E-state index contributed by atoms with van der Waals surface area (Å²) in [4.78, 5) is 10.7. The van der Waals surface area contributed by atoms with Crippen molar-refractivity contribution in [3.05, 3.63) is 42.0 Å². The smallest absolute Gasteiger partial charge is 0.332 e. The Kier molecular flexibility index (Phi) is 3.66. The number of phenols is 1. The number of amides is 2. The van der Waals surface area contributed by atoms with Crippen LogP contribution in [0, 0.1) is 0 Å². The minimum absolute atomic E-state index is 0.130. The summed E-state index contributed by atoms with van der Waals surface area (Å²) in [5.74, 6) is 0.130. The largest absolute Gasteiger partial charge is 0.507 e. The van der Waals surface area contributed by atoms with E-state index in [0.29, 0.717) is 17.7 Å². The van der Waals surface area contributed by atoms with Crippen molar-refractivity contribution in [3.63, 3.8) is 0 Å². The van der Waals surface area contributed by atoms with E-state index in [4.69, 9.17) is 5.73 Å². The molecule has 2 aromatic rings. The summed E-state index contributed by atoms with van der Waals surface area (Å²) in [6, 6.07) is 10.4. The van der Waals surface area contributed by atoms with Crippen LogP contribution in [0.25, 0.3) is 10.8 Å². The predicted octanol–water partition coefficient (Wildman–Crippen LogP) is 2.33. The van der Waals surface area contributed by atoms with Crippen LogP contribution in [0.2, 0.25) is 0 Å². The molecule has 4 N–H and O–H groups in total. The fraction of sp³-hybridized carbons (Fsp3) is 0.143. The first kappa shape index (κ1) is 12.9. The summed E-state index contributed by atoms with van der Waals surface area (Å²) in [7, 11) is 0. The first-order chi connectivity index (χ1) is 9.13. The van der Waals surface area contributed by atoms with E-state index in [-0.39, 0.29) is 5.75 Å². The number of hydrogen-bond donors (Lipinski definition) is 3. The van der Waals surface area contributed by atoms with Gasteiger partial charge in [-0.05, 0) is 23.3 Å². The molecule has 0 aliphatic heterocycles. The molecule has 0 aliphatic carbocycles. The van der Waals surface area contributed by atoms with Gasteiger partial charge in [-0.1, -0.05) is 37.3 Å². The van der Waals surface area contributed by atoms with Gasteiger partial charge < -0.3 is 10.8 Å². The second-order valence-corrected chi connectivity index (χ2v) is 4.07. The van der Waals surface area contributed by atoms with E-state index in [1.165, 1.54) is 0 Å². The molecule has 2 amide bonds. The lowest BCUT2D eigenvalue weighted by atomic mass is 9.98. The highest BCUT2D eigenvalue weighted by atomic mass is 16.3. The van der Waals surface area contributed by atoms with Gasteiger partial charge in [0.15, 0.2) is 0 Å². The maximum Gasteiger partial charge on any atom is 0.332 e. The number of phenolic OH excluding ortho intramolecular Hbond substituents is 1. The third kappa shape index (κ3) is 2.65. The van der Waals surface area contributed by atoms with E-state index in [9.17, 15) is 9.90 Å². The Morgan fingerprint density at radius 2 is 2.05 bits per heavy atom. The fourth-order valence-electron chi connectivity index (χ4n) is 2.00. The molecule has 0 saturated heterocycles. The predicted molar refractivity (Wildman–Crippen MR) is 75.2 cm³/mol. The van der Waals surface area contributed by atoms with Crippen molar-refractivity contribution < 1.29 is 9.90 Å². The van der Waals surface area contributed by atoms with Crippen molar-refractivity contribution in [2.75, 3.05) is 0 Å². The van der Waals surface area contributed by atoms with Gasteiger partial charge in [0.2, 0.25) is 0 Å². The number of nitrogens with two attached hydrogens (primary N) is 1. The molecule has 0 heterocycles. The fourth-order valence-corrected chi connectivity index (χ4v) is 2.00. The first-order valence-electron chi connectivity index (χ1n) is 5.96. The first-order valence-corrected chi connectivity index (χ1v) is 5.96. The van der Waals surface area contributed by atoms with Crippen LogP contribution in [-0.2, 0) is 0 Å². The number of aromatic hydroxyl groups is 1. The number of nitrogens with one attached hydrogen (secondary N) is 1. The quantitative estimate of drug-likeness (QED) is 0.582. The summed E-state index contributed by atoms with van der Waals surface area (Å²) >= 11 is 0. The Labute approximate surface area is 110 Å². The van der Waals surface area contributed by atoms with Crippen LogP contribution < -0.4 is 11.2 Å². The van der Waals surface area contributed by atoms with Gasteiger partial charge in [-0.25, -0.2) is 10.2 Å². The molecule has 0 spiro atoms. The summed E-state index contributed by atoms with van der Waals surface area (Å²) in [5, 5.41) is 15.9. The number of hydrogen-bond acceptors (Lipinski definition) is 3. The number of benzene rings is 2. The van der Waals surface area contributed by atoms with Gasteiger partial charge in [-0.15, -0.1) is 0 Å². The average Bonchev–Trinajstić information content (AvgIpc) is 2.41. The molecule has 98 valence electrons. The maximum absolute atomic E-state index is 10.7. The molecular formula is C14H15N3O2. The lowest BCUT2D eigenvalue weighted by Crippen LogP contribution is -2.26. The van der Waals surface area contributed by atoms with Crippen LogP contribution in [0.1, 0.15) is 18.9 Å². The van der Waals surface area contributed by atoms with Crippen LogP contribution in [0.15, 0.2) is 41.5 Å². The van der Waals surface area contributed by atoms with Gasteiger partial charge in [0, 0.05) is 5.56 Å². The van der Waals surface area contributed by atoms with Gasteiger partial charge >= 0.3 is 6.03 Å². The molecule has 5 heteroatoms. The highest BCUT2D eigenvalue weighted by Gasteiger charge is 2.12. The van der Waals surface area contributed by atoms with Crippen LogP contribution in [0.3, 0.4) is 0 Å². The molecular weight excluding hydrogens is 242 g/mol. The Balaban J connectivity index is 2.62. The Morgan fingerprint density at radius 1 is 1.32 bits per heavy atom. The zero-order valence-electron chi connectivity index (χ0n) is 10.6. The molecule has 19 heavy (non-hydrogen) atoms.